The number of nitrogens with one attached hydrogen (secondary N) is 1. The summed E-state index contributed by atoms with van der Waals surface area (Å²) in [5, 5.41) is 13.2. The molecular weight excluding hydrogens is 198 g/mol. The zero-order chi connectivity index (χ0) is 12.2. The van der Waals surface area contributed by atoms with Crippen LogP contribution < -0.4 is 5.32 Å². The first-order valence-electron chi connectivity index (χ1n) is 6.84. The normalized spacial score (nSPS) is 28.1. The summed E-state index contributed by atoms with van der Waals surface area (Å²) in [6, 6.07) is 0.621. The molecule has 0 aliphatic heterocycles. The molecule has 0 heterocycles. The van der Waals surface area contributed by atoms with Gasteiger partial charge < -0.3 is 10.4 Å². The highest BCUT2D eigenvalue weighted by molar-refractivity contribution is 4.79. The van der Waals surface area contributed by atoms with E-state index in [1.165, 1.54) is 32.1 Å². The van der Waals surface area contributed by atoms with Gasteiger partial charge in [-0.15, -0.1) is 0 Å². The summed E-state index contributed by atoms with van der Waals surface area (Å²) in [5.41, 5.74) is -0.580. The van der Waals surface area contributed by atoms with Crippen molar-refractivity contribution in [2.75, 3.05) is 6.54 Å². The second-order valence-electron chi connectivity index (χ2n) is 6.40. The van der Waals surface area contributed by atoms with E-state index in [1.807, 2.05) is 13.8 Å². The molecule has 2 heteroatoms. The molecule has 2 unspecified atom stereocenters. The van der Waals surface area contributed by atoms with E-state index in [0.29, 0.717) is 12.6 Å². The fourth-order valence-corrected chi connectivity index (χ4v) is 2.60. The van der Waals surface area contributed by atoms with E-state index in [1.54, 1.807) is 0 Å². The molecule has 0 aromatic carbocycles. The van der Waals surface area contributed by atoms with Gasteiger partial charge in [-0.3, -0.25) is 0 Å². The Morgan fingerprint density at radius 3 is 2.44 bits per heavy atom. The van der Waals surface area contributed by atoms with Crippen LogP contribution in [0.15, 0.2) is 0 Å². The van der Waals surface area contributed by atoms with Gasteiger partial charge in [0.1, 0.15) is 0 Å². The van der Waals surface area contributed by atoms with Crippen LogP contribution in [0.25, 0.3) is 0 Å². The average Bonchev–Trinajstić information content (AvgIpc) is 2.38. The highest BCUT2D eigenvalue weighted by Gasteiger charge is 2.22. The first-order chi connectivity index (χ1) is 7.38. The SMILES string of the molecule is CC(C)C1CCCC(NCC(C)(C)O)CC1. The smallest absolute Gasteiger partial charge is 0.0715 e. The molecule has 2 nitrogen and oxygen atoms in total. The highest BCUT2D eigenvalue weighted by atomic mass is 16.3. The van der Waals surface area contributed by atoms with Crippen molar-refractivity contribution in [3.63, 3.8) is 0 Å². The van der Waals surface area contributed by atoms with Gasteiger partial charge in [0.25, 0.3) is 0 Å². The van der Waals surface area contributed by atoms with Crippen molar-refractivity contribution >= 4 is 0 Å². The third-order valence-corrected chi connectivity index (χ3v) is 3.78. The first-order valence-corrected chi connectivity index (χ1v) is 6.84. The van der Waals surface area contributed by atoms with E-state index in [9.17, 15) is 5.11 Å². The average molecular weight is 227 g/mol. The van der Waals surface area contributed by atoms with Gasteiger partial charge in [-0.05, 0) is 44.9 Å². The second kappa shape index (κ2) is 6.02. The minimum absolute atomic E-state index is 0.580. The summed E-state index contributed by atoms with van der Waals surface area (Å²) in [7, 11) is 0. The van der Waals surface area contributed by atoms with Crippen LogP contribution in [0.1, 0.15) is 59.8 Å². The molecule has 0 amide bonds. The minimum atomic E-state index is -0.580. The molecule has 1 rings (SSSR count). The molecule has 0 radical (unpaired) electrons. The van der Waals surface area contributed by atoms with Crippen molar-refractivity contribution < 1.29 is 5.11 Å². The van der Waals surface area contributed by atoms with Gasteiger partial charge in [0.2, 0.25) is 0 Å². The Kier molecular flexibility index (Phi) is 5.26. The van der Waals surface area contributed by atoms with E-state index >= 15 is 0 Å². The molecule has 1 aliphatic carbocycles. The Labute approximate surface area is 101 Å². The van der Waals surface area contributed by atoms with Crippen LogP contribution in [0, 0.1) is 11.8 Å². The van der Waals surface area contributed by atoms with Gasteiger partial charge in [0, 0.05) is 12.6 Å². The van der Waals surface area contributed by atoms with E-state index < -0.39 is 5.60 Å². The summed E-state index contributed by atoms with van der Waals surface area (Å²) in [5.74, 6) is 1.74. The van der Waals surface area contributed by atoms with Crippen LogP contribution >= 0.6 is 0 Å². The summed E-state index contributed by atoms with van der Waals surface area (Å²) < 4.78 is 0. The fraction of sp³-hybridized carbons (Fsp3) is 1.00. The Morgan fingerprint density at radius 1 is 1.19 bits per heavy atom. The van der Waals surface area contributed by atoms with E-state index in [2.05, 4.69) is 19.2 Å². The van der Waals surface area contributed by atoms with Crippen LogP contribution in [0.5, 0.6) is 0 Å². The molecule has 0 aromatic rings. The van der Waals surface area contributed by atoms with Crippen LogP contribution in [-0.4, -0.2) is 23.3 Å². The van der Waals surface area contributed by atoms with Crippen molar-refractivity contribution in [1.82, 2.24) is 5.32 Å². The number of hydrogen-bond donors (Lipinski definition) is 2. The zero-order valence-corrected chi connectivity index (χ0v) is 11.4. The molecule has 1 aliphatic rings. The van der Waals surface area contributed by atoms with Gasteiger partial charge in [-0.1, -0.05) is 26.7 Å². The summed E-state index contributed by atoms with van der Waals surface area (Å²) >= 11 is 0. The second-order valence-corrected chi connectivity index (χ2v) is 6.40. The fourth-order valence-electron chi connectivity index (χ4n) is 2.60. The van der Waals surface area contributed by atoms with Crippen molar-refractivity contribution in [2.45, 2.75) is 71.4 Å². The lowest BCUT2D eigenvalue weighted by Gasteiger charge is -2.23. The molecule has 2 N–H and O–H groups in total. The molecule has 2 atom stereocenters. The van der Waals surface area contributed by atoms with Crippen LogP contribution in [0.3, 0.4) is 0 Å². The Balaban J connectivity index is 2.30. The van der Waals surface area contributed by atoms with E-state index in [4.69, 9.17) is 0 Å². The lowest BCUT2D eigenvalue weighted by molar-refractivity contribution is 0.0756. The van der Waals surface area contributed by atoms with Gasteiger partial charge in [-0.25, -0.2) is 0 Å². The van der Waals surface area contributed by atoms with Crippen LogP contribution in [0.2, 0.25) is 0 Å². The first kappa shape index (κ1) is 14.0. The molecule has 16 heavy (non-hydrogen) atoms. The maximum atomic E-state index is 9.70. The quantitative estimate of drug-likeness (QED) is 0.724. The number of aliphatic hydroxyl groups is 1. The topological polar surface area (TPSA) is 32.3 Å². The molecule has 0 spiro atoms. The third-order valence-electron chi connectivity index (χ3n) is 3.78. The van der Waals surface area contributed by atoms with Crippen molar-refractivity contribution in [1.29, 1.82) is 0 Å². The van der Waals surface area contributed by atoms with Crippen molar-refractivity contribution in [2.24, 2.45) is 11.8 Å². The molecule has 0 aromatic heterocycles. The van der Waals surface area contributed by atoms with Crippen LogP contribution in [0.4, 0.5) is 0 Å². The highest BCUT2D eigenvalue weighted by Crippen LogP contribution is 2.28. The Hall–Kier alpha value is -0.0800. The van der Waals surface area contributed by atoms with Crippen molar-refractivity contribution in [3.8, 4) is 0 Å². The molecule has 1 saturated carbocycles. The molecule has 0 saturated heterocycles. The summed E-state index contributed by atoms with van der Waals surface area (Å²) in [6.45, 7) is 9.13. The third kappa shape index (κ3) is 5.31. The maximum Gasteiger partial charge on any atom is 0.0715 e. The number of rotatable bonds is 4. The predicted molar refractivity (Wildman–Crippen MR) is 69.5 cm³/mol. The van der Waals surface area contributed by atoms with Gasteiger partial charge in [-0.2, -0.15) is 0 Å². The van der Waals surface area contributed by atoms with E-state index in [-0.39, 0.29) is 0 Å². The maximum absolute atomic E-state index is 9.70. The molecular formula is C14H29NO. The molecule has 96 valence electrons. The minimum Gasteiger partial charge on any atom is -0.389 e. The van der Waals surface area contributed by atoms with Crippen molar-refractivity contribution in [3.05, 3.63) is 0 Å². The predicted octanol–water partition coefficient (Wildman–Crippen LogP) is 2.95. The Morgan fingerprint density at radius 2 is 1.88 bits per heavy atom. The lowest BCUT2D eigenvalue weighted by Crippen LogP contribution is -2.40. The summed E-state index contributed by atoms with van der Waals surface area (Å²) in [4.78, 5) is 0. The van der Waals surface area contributed by atoms with Crippen LogP contribution in [-0.2, 0) is 0 Å². The van der Waals surface area contributed by atoms with Gasteiger partial charge in [0.15, 0.2) is 0 Å². The van der Waals surface area contributed by atoms with E-state index in [0.717, 1.165) is 11.8 Å². The van der Waals surface area contributed by atoms with Gasteiger partial charge >= 0.3 is 0 Å². The van der Waals surface area contributed by atoms with Gasteiger partial charge in [0.05, 0.1) is 5.60 Å². The largest absolute Gasteiger partial charge is 0.389 e. The standard InChI is InChI=1S/C14H29NO/c1-11(2)12-6-5-7-13(9-8-12)15-10-14(3,4)16/h11-13,15-16H,5-10H2,1-4H3. The zero-order valence-electron chi connectivity index (χ0n) is 11.4. The Bertz CT molecular complexity index is 195. The summed E-state index contributed by atoms with van der Waals surface area (Å²) in [6.07, 6.45) is 6.63. The molecule has 1 fully saturated rings. The number of hydrogen-bond acceptors (Lipinski definition) is 2. The lowest BCUT2D eigenvalue weighted by atomic mass is 9.89. The molecule has 0 bridgehead atoms. The monoisotopic (exact) mass is 227 g/mol.